The molecule has 2 rings (SSSR count). The minimum absolute atomic E-state index is 0.00268. The maximum absolute atomic E-state index is 13.7. The number of carboxylic acid groups (broad SMARTS) is 5. The fraction of sp³-hybridized carbons (Fsp3) is 0.588. The molecule has 12 atom stereocenters. The van der Waals surface area contributed by atoms with E-state index in [1.54, 1.807) is 44.2 Å². The van der Waals surface area contributed by atoms with Gasteiger partial charge < -0.3 is 138 Å². The number of unbranched alkanes of at least 4 members (excludes halogenated alkanes) is 1. The number of nitrogens with one attached hydrogen (secondary N) is 17. The molecule has 1 fully saturated rings. The molecule has 29 N–H and O–H groups in total. The Kier molecular flexibility index (Phi) is 45.5. The van der Waals surface area contributed by atoms with Gasteiger partial charge in [0.15, 0.2) is 5.96 Å². The van der Waals surface area contributed by atoms with Crippen molar-refractivity contribution >= 4 is 143 Å². The van der Waals surface area contributed by atoms with Crippen molar-refractivity contribution in [1.29, 1.82) is 5.41 Å². The highest BCUT2D eigenvalue weighted by atomic mass is 32.1. The Morgan fingerprint density at radius 2 is 0.932 bits per heavy atom. The number of guanidine groups is 1. The van der Waals surface area contributed by atoms with E-state index in [4.69, 9.17) is 27.7 Å². The lowest BCUT2D eigenvalue weighted by Crippen LogP contribution is -2.59. The largest absolute Gasteiger partial charge is 0.481 e. The quantitative estimate of drug-likeness (QED) is 0.0125. The molecule has 0 aliphatic carbocycles. The number of aliphatic hydroxyl groups is 1. The number of hydrogen-bond donors (Lipinski definition) is 27. The van der Waals surface area contributed by atoms with Gasteiger partial charge in [0.2, 0.25) is 94.5 Å². The van der Waals surface area contributed by atoms with Gasteiger partial charge in [-0.3, -0.25) is 101 Å². The number of amides is 16. The van der Waals surface area contributed by atoms with Crippen LogP contribution in [-0.4, -0.2) is 303 Å². The van der Waals surface area contributed by atoms with Gasteiger partial charge in [-0.05, 0) is 82.7 Å². The lowest BCUT2D eigenvalue weighted by molar-refractivity contribution is -0.144. The number of benzene rings is 1. The Hall–Kier alpha value is -12.4. The monoisotopic (exact) mass is 1680 g/mol. The van der Waals surface area contributed by atoms with E-state index in [1.165, 1.54) is 0 Å². The van der Waals surface area contributed by atoms with Gasteiger partial charge in [0.05, 0.1) is 58.2 Å². The van der Waals surface area contributed by atoms with Gasteiger partial charge in [0, 0.05) is 38.1 Å². The minimum Gasteiger partial charge on any atom is -0.481 e. The number of carbonyl (C=O) groups excluding carboxylic acids is 16. The van der Waals surface area contributed by atoms with Crippen LogP contribution in [0.1, 0.15) is 110 Å². The molecule has 1 aliphatic rings. The van der Waals surface area contributed by atoms with Crippen LogP contribution in [0.4, 0.5) is 0 Å². The van der Waals surface area contributed by atoms with Crippen LogP contribution in [-0.2, 0) is 107 Å². The van der Waals surface area contributed by atoms with Crippen molar-refractivity contribution in [2.45, 2.75) is 183 Å². The Labute approximate surface area is 674 Å². The first-order chi connectivity index (χ1) is 55.1. The van der Waals surface area contributed by atoms with E-state index in [2.05, 4.69) is 87.1 Å². The molecular weight excluding hydrogens is 1570 g/mol. The van der Waals surface area contributed by atoms with Crippen LogP contribution in [0.15, 0.2) is 30.3 Å². The molecule has 1 aliphatic heterocycles. The highest BCUT2D eigenvalue weighted by Gasteiger charge is 2.39. The normalized spacial score (nSPS) is 14.9. The van der Waals surface area contributed by atoms with Crippen molar-refractivity contribution < 1.29 is 131 Å². The van der Waals surface area contributed by atoms with Crippen LogP contribution in [0.3, 0.4) is 0 Å². The molecule has 49 heteroatoms. The molecule has 0 spiro atoms. The molecule has 48 nitrogen and oxygen atoms in total. The van der Waals surface area contributed by atoms with Crippen LogP contribution < -0.4 is 102 Å². The zero-order chi connectivity index (χ0) is 88.2. The summed E-state index contributed by atoms with van der Waals surface area (Å²) in [6.07, 6.45) is -3.63. The van der Waals surface area contributed by atoms with Crippen LogP contribution in [0.25, 0.3) is 0 Å². The van der Waals surface area contributed by atoms with Crippen molar-refractivity contribution in [1.82, 2.24) is 90.0 Å². The van der Waals surface area contributed by atoms with Crippen molar-refractivity contribution in [3.05, 3.63) is 35.9 Å². The van der Waals surface area contributed by atoms with E-state index >= 15 is 0 Å². The molecule has 0 radical (unpaired) electrons. The van der Waals surface area contributed by atoms with Crippen molar-refractivity contribution in [3.8, 4) is 0 Å². The average Bonchev–Trinajstić information content (AvgIpc) is 1.72. The molecule has 117 heavy (non-hydrogen) atoms. The van der Waals surface area contributed by atoms with E-state index in [0.29, 0.717) is 18.4 Å². The number of rotatable bonds is 55. The molecule has 16 amide bonds. The third-order valence-electron chi connectivity index (χ3n) is 17.1. The van der Waals surface area contributed by atoms with E-state index in [1.807, 2.05) is 10.6 Å². The Bertz CT molecular complexity index is 3710. The summed E-state index contributed by atoms with van der Waals surface area (Å²) in [6.45, 7) is -1.15. The second-order valence-electron chi connectivity index (χ2n) is 26.8. The number of likely N-dealkylation sites (tertiary alicyclic amines) is 1. The van der Waals surface area contributed by atoms with Gasteiger partial charge in [0.25, 0.3) is 0 Å². The summed E-state index contributed by atoms with van der Waals surface area (Å²) < 4.78 is 0. The standard InChI is InChI=1S/C68H105N21O27S/c1-33(2)55(67(115)116)88-64(112)40(23-35-11-5-4-6-12-35)85-66(114)45-15-10-22-89(45)50(95)30-74-46(91)26-76-60(108)43(31-90)86-63(111)42(25-54(102)103)82-49(94)29-78-59(107)39(17-19-52(98)99)84-65(113)44(32-117)87-56(104)34(3)79-62(110)41(24-53(100)101)81-48(93)28-77-58(106)37(14-9-21-73-68(71)72)83-61(109)38(13-7-8-20-69)80-47(92)27-75-57(105)36(70)16-18-51(96)97/h4-6,11-12,33-34,36-45,55,90,117H,7-10,13-32,69-70H2,1-3H3,(H,74,91)(H,75,105)(H,76,108)(H,77,106)(H,78,107)(H,79,110)(H,80,92)(H,81,93)(H,82,94)(H,83,109)(H,84,113)(H,85,114)(H,86,111)(H,87,104)(H,88,112)(H,96,97)(H,98,99)(H,100,101)(H,102,103)(H,115,116)(H4,71,72,73)/t34-,36-,37-,38-,39-,40-,41-,42-,43-,44-,45-,55-/m0/s1. The predicted molar refractivity (Wildman–Crippen MR) is 407 cm³/mol. The lowest BCUT2D eigenvalue weighted by Gasteiger charge is -2.27. The summed E-state index contributed by atoms with van der Waals surface area (Å²) >= 11 is 4.05. The zero-order valence-electron chi connectivity index (χ0n) is 64.2. The van der Waals surface area contributed by atoms with Gasteiger partial charge >= 0.3 is 29.8 Å². The molecule has 0 unspecified atom stereocenters. The third-order valence-corrected chi connectivity index (χ3v) is 17.5. The van der Waals surface area contributed by atoms with E-state index in [0.717, 1.165) is 11.8 Å². The Morgan fingerprint density at radius 3 is 1.44 bits per heavy atom. The molecule has 1 saturated heterocycles. The first kappa shape index (κ1) is 101. The number of carbonyl (C=O) groups is 21. The maximum Gasteiger partial charge on any atom is 0.326 e. The van der Waals surface area contributed by atoms with Crippen LogP contribution in [0, 0.1) is 11.3 Å². The fourth-order valence-electron chi connectivity index (χ4n) is 10.8. The number of aliphatic hydroxyl groups excluding tert-OH is 1. The fourth-order valence-corrected chi connectivity index (χ4v) is 11.1. The molecule has 1 aromatic carbocycles. The number of hydrogen-bond acceptors (Lipinski definition) is 26. The first-order valence-electron chi connectivity index (χ1n) is 36.7. The maximum atomic E-state index is 13.7. The topological polar surface area (TPSA) is 777 Å². The summed E-state index contributed by atoms with van der Waals surface area (Å²) in [6, 6.07) is -10.5. The summed E-state index contributed by atoms with van der Waals surface area (Å²) in [7, 11) is 0. The number of aliphatic carboxylic acids is 5. The van der Waals surface area contributed by atoms with Gasteiger partial charge in [0.1, 0.15) is 66.5 Å². The second kappa shape index (κ2) is 52.9. The van der Waals surface area contributed by atoms with E-state index < -0.39 is 286 Å². The number of nitrogens with zero attached hydrogens (tertiary/aromatic N) is 1. The Morgan fingerprint density at radius 1 is 0.479 bits per heavy atom. The van der Waals surface area contributed by atoms with Crippen LogP contribution >= 0.6 is 12.6 Å². The highest BCUT2D eigenvalue weighted by Crippen LogP contribution is 2.19. The summed E-state index contributed by atoms with van der Waals surface area (Å²) in [5.74, 6) is -26.1. The predicted octanol–water partition coefficient (Wildman–Crippen LogP) is -11.3. The SMILES string of the molecule is CC(C)[C@H](NC(=O)[C@H](Cc1ccccc1)NC(=O)[C@@H]1CCCN1C(=O)CNC(=O)CNC(=O)[C@H](CO)NC(=O)[C@H](CC(=O)O)NC(=O)CNC(=O)[C@H](CCC(=O)O)NC(=O)[C@H](CS)NC(=O)[C@H](C)NC(=O)[C@H](CC(=O)O)NC(=O)CNC(=O)[C@H](CCCNC(=N)N)NC(=O)[C@H](CCCCN)NC(=O)CNC(=O)[C@@H](N)CCC(=O)O)C(=O)O. The van der Waals surface area contributed by atoms with Crippen molar-refractivity contribution in [2.24, 2.45) is 23.1 Å². The molecule has 1 aromatic rings. The molecule has 0 bridgehead atoms. The molecule has 0 aromatic heterocycles. The first-order valence-corrected chi connectivity index (χ1v) is 37.3. The van der Waals surface area contributed by atoms with Gasteiger partial charge in [-0.2, -0.15) is 12.6 Å². The Balaban J connectivity index is 2.09. The summed E-state index contributed by atoms with van der Waals surface area (Å²) in [4.78, 5) is 272. The van der Waals surface area contributed by atoms with E-state index in [-0.39, 0.29) is 64.6 Å². The van der Waals surface area contributed by atoms with Crippen LogP contribution in [0.5, 0.6) is 0 Å². The molecule has 1 heterocycles. The van der Waals surface area contributed by atoms with E-state index in [9.17, 15) is 126 Å². The average molecular weight is 1680 g/mol. The van der Waals surface area contributed by atoms with Crippen molar-refractivity contribution in [3.63, 3.8) is 0 Å². The smallest absolute Gasteiger partial charge is 0.326 e. The number of carboxylic acids is 5. The highest BCUT2D eigenvalue weighted by molar-refractivity contribution is 7.80. The molecule has 650 valence electrons. The van der Waals surface area contributed by atoms with Gasteiger partial charge in [-0.25, -0.2) is 4.79 Å². The van der Waals surface area contributed by atoms with Crippen molar-refractivity contribution in [2.75, 3.05) is 64.7 Å². The van der Waals surface area contributed by atoms with Gasteiger partial charge in [-0.1, -0.05) is 44.2 Å². The van der Waals surface area contributed by atoms with Crippen LogP contribution in [0.2, 0.25) is 0 Å². The van der Waals surface area contributed by atoms with Gasteiger partial charge in [-0.15, -0.1) is 0 Å². The number of thiol groups is 1. The summed E-state index contributed by atoms with van der Waals surface area (Å²) in [5.41, 5.74) is 17.3. The zero-order valence-corrected chi connectivity index (χ0v) is 65.1. The second-order valence-corrected chi connectivity index (χ2v) is 27.2. The minimum atomic E-state index is -2.06. The third kappa shape index (κ3) is 39.5. The summed E-state index contributed by atoms with van der Waals surface area (Å²) in [5, 5.41) is 101. The lowest BCUT2D eigenvalue weighted by atomic mass is 10.0. The number of nitrogens with two attached hydrogens (primary N) is 3. The molecule has 0 saturated carbocycles. The molecular formula is C68H105N21O27S.